The summed E-state index contributed by atoms with van der Waals surface area (Å²) in [5.74, 6) is -0.155. The van der Waals surface area contributed by atoms with Crippen molar-refractivity contribution in [2.45, 2.75) is 27.7 Å². The molecule has 0 spiro atoms. The van der Waals surface area contributed by atoms with Crippen LogP contribution >= 0.6 is 0 Å². The van der Waals surface area contributed by atoms with E-state index in [1.54, 1.807) is 0 Å². The van der Waals surface area contributed by atoms with Crippen molar-refractivity contribution >= 4 is 12.2 Å². The maximum Gasteiger partial charge on any atom is 0.221 e. The topological polar surface area (TPSA) is 46.2 Å². The molecule has 0 heterocycles. The summed E-state index contributed by atoms with van der Waals surface area (Å²) in [4.78, 5) is 20.9. The van der Waals surface area contributed by atoms with Gasteiger partial charge in [-0.2, -0.15) is 0 Å². The molecule has 0 saturated carbocycles. The zero-order chi connectivity index (χ0) is 9.78. The monoisotopic (exact) mass is 169 g/mol. The number of rotatable bonds is 2. The molecule has 0 radical (unpaired) electrons. The molecular formula is C9H15NO2. The largest absolute Gasteiger partial charge is 0.329 e. The zero-order valence-corrected chi connectivity index (χ0v) is 7.97. The predicted octanol–water partition coefficient (Wildman–Crippen LogP) is 1.25. The molecule has 0 fully saturated rings. The van der Waals surface area contributed by atoms with Gasteiger partial charge in [-0.15, -0.1) is 0 Å². The summed E-state index contributed by atoms with van der Waals surface area (Å²) >= 11 is 0. The molecule has 0 aliphatic heterocycles. The molecule has 0 aliphatic carbocycles. The second kappa shape index (κ2) is 4.04. The fourth-order valence-electron chi connectivity index (χ4n) is 0.737. The second-order valence-corrected chi connectivity index (χ2v) is 3.65. The third-order valence-electron chi connectivity index (χ3n) is 1.35. The van der Waals surface area contributed by atoms with E-state index in [1.165, 1.54) is 13.0 Å². The molecule has 3 nitrogen and oxygen atoms in total. The molecule has 0 rings (SSSR count). The van der Waals surface area contributed by atoms with Crippen LogP contribution in [0.4, 0.5) is 0 Å². The van der Waals surface area contributed by atoms with Crippen LogP contribution in [0.1, 0.15) is 27.7 Å². The van der Waals surface area contributed by atoms with Gasteiger partial charge in [0.15, 0.2) is 0 Å². The Bertz CT molecular complexity index is 211. The highest BCUT2D eigenvalue weighted by atomic mass is 16.1. The molecule has 0 aromatic rings. The molecule has 1 amide bonds. The van der Waals surface area contributed by atoms with E-state index in [-0.39, 0.29) is 11.3 Å². The van der Waals surface area contributed by atoms with Crippen molar-refractivity contribution < 1.29 is 9.59 Å². The molecule has 0 aliphatic rings. The van der Waals surface area contributed by atoms with Gasteiger partial charge in [-0.25, -0.2) is 0 Å². The first-order valence-corrected chi connectivity index (χ1v) is 3.81. The number of carbonyl (C=O) groups is 2. The molecule has 0 aromatic heterocycles. The quantitative estimate of drug-likeness (QED) is 0.499. The van der Waals surface area contributed by atoms with Crippen LogP contribution in [0.3, 0.4) is 0 Å². The van der Waals surface area contributed by atoms with Crippen molar-refractivity contribution in [2.24, 2.45) is 5.41 Å². The fourth-order valence-corrected chi connectivity index (χ4v) is 0.737. The van der Waals surface area contributed by atoms with Crippen molar-refractivity contribution in [1.29, 1.82) is 0 Å². The third-order valence-corrected chi connectivity index (χ3v) is 1.35. The molecule has 0 unspecified atom stereocenters. The van der Waals surface area contributed by atoms with Crippen LogP contribution in [0.15, 0.2) is 11.8 Å². The third kappa shape index (κ3) is 3.91. The fraction of sp³-hybridized carbons (Fsp3) is 0.556. The Morgan fingerprint density at radius 1 is 1.33 bits per heavy atom. The highest BCUT2D eigenvalue weighted by Gasteiger charge is 2.17. The lowest BCUT2D eigenvalue weighted by atomic mass is 9.91. The summed E-state index contributed by atoms with van der Waals surface area (Å²) in [6.45, 7) is 7.21. The molecule has 3 heteroatoms. The van der Waals surface area contributed by atoms with Crippen LogP contribution in [0.25, 0.3) is 0 Å². The minimum Gasteiger partial charge on any atom is -0.329 e. The van der Waals surface area contributed by atoms with E-state index in [1.807, 2.05) is 20.8 Å². The normalized spacial score (nSPS) is 12.5. The number of amides is 1. The van der Waals surface area contributed by atoms with Crippen molar-refractivity contribution in [3.8, 4) is 0 Å². The van der Waals surface area contributed by atoms with E-state index >= 15 is 0 Å². The molecule has 12 heavy (non-hydrogen) atoms. The Hall–Kier alpha value is -1.12. The summed E-state index contributed by atoms with van der Waals surface area (Å²) in [6.07, 6.45) is 2.05. The van der Waals surface area contributed by atoms with E-state index in [4.69, 9.17) is 0 Å². The Balaban J connectivity index is 4.57. The number of aldehydes is 1. The van der Waals surface area contributed by atoms with Gasteiger partial charge in [0.05, 0.1) is 0 Å². The minimum atomic E-state index is -0.202. The first-order valence-electron chi connectivity index (χ1n) is 3.81. The Labute approximate surface area is 72.8 Å². The van der Waals surface area contributed by atoms with E-state index < -0.39 is 0 Å². The molecule has 1 N–H and O–H groups in total. The lowest BCUT2D eigenvalue weighted by molar-refractivity contribution is -0.118. The number of hydrogen-bond donors (Lipinski definition) is 1. The van der Waals surface area contributed by atoms with Crippen LogP contribution < -0.4 is 5.32 Å². The first kappa shape index (κ1) is 10.9. The van der Waals surface area contributed by atoms with Gasteiger partial charge in [0, 0.05) is 18.0 Å². The molecule has 0 atom stereocenters. The van der Waals surface area contributed by atoms with Gasteiger partial charge >= 0.3 is 0 Å². The van der Waals surface area contributed by atoms with Crippen LogP contribution in [-0.4, -0.2) is 12.2 Å². The Morgan fingerprint density at radius 2 is 1.83 bits per heavy atom. The number of allylic oxidation sites excluding steroid dienone is 2. The number of hydrogen-bond acceptors (Lipinski definition) is 2. The van der Waals surface area contributed by atoms with Gasteiger partial charge in [0.2, 0.25) is 5.91 Å². The lowest BCUT2D eigenvalue weighted by Crippen LogP contribution is -2.28. The van der Waals surface area contributed by atoms with Crippen molar-refractivity contribution in [1.82, 2.24) is 5.32 Å². The standard InChI is InChI=1S/C9H15NO2/c1-7(12)10-8(5-6-11)9(2,3)4/h5-6H,1-4H3,(H,10,12)/b8-5+. The highest BCUT2D eigenvalue weighted by Crippen LogP contribution is 2.21. The summed E-state index contributed by atoms with van der Waals surface area (Å²) in [5, 5.41) is 2.61. The maximum atomic E-state index is 10.7. The van der Waals surface area contributed by atoms with Crippen LogP contribution in [0, 0.1) is 5.41 Å². The first-order chi connectivity index (χ1) is 5.38. The van der Waals surface area contributed by atoms with Gasteiger partial charge in [0.25, 0.3) is 0 Å². The zero-order valence-electron chi connectivity index (χ0n) is 7.97. The van der Waals surface area contributed by atoms with Gasteiger partial charge in [-0.3, -0.25) is 9.59 Å². The Kier molecular flexibility index (Phi) is 3.67. The van der Waals surface area contributed by atoms with E-state index in [0.717, 1.165) is 0 Å². The maximum absolute atomic E-state index is 10.7. The van der Waals surface area contributed by atoms with Crippen molar-refractivity contribution in [2.75, 3.05) is 0 Å². The average molecular weight is 169 g/mol. The molecular weight excluding hydrogens is 154 g/mol. The summed E-state index contributed by atoms with van der Waals surface area (Å²) in [7, 11) is 0. The van der Waals surface area contributed by atoms with Crippen LogP contribution in [0.5, 0.6) is 0 Å². The highest BCUT2D eigenvalue weighted by molar-refractivity contribution is 5.77. The molecule has 0 saturated heterocycles. The van der Waals surface area contributed by atoms with E-state index in [2.05, 4.69) is 5.32 Å². The van der Waals surface area contributed by atoms with Gasteiger partial charge < -0.3 is 5.32 Å². The number of nitrogens with one attached hydrogen (secondary N) is 1. The van der Waals surface area contributed by atoms with Crippen LogP contribution in [-0.2, 0) is 9.59 Å². The van der Waals surface area contributed by atoms with Gasteiger partial charge in [0.1, 0.15) is 6.29 Å². The smallest absolute Gasteiger partial charge is 0.221 e. The second-order valence-electron chi connectivity index (χ2n) is 3.65. The minimum absolute atomic E-state index is 0.155. The number of carbonyl (C=O) groups excluding carboxylic acids is 2. The predicted molar refractivity (Wildman–Crippen MR) is 47.4 cm³/mol. The van der Waals surface area contributed by atoms with E-state index in [0.29, 0.717) is 12.0 Å². The summed E-state index contributed by atoms with van der Waals surface area (Å²) in [5.41, 5.74) is 0.442. The van der Waals surface area contributed by atoms with Gasteiger partial charge in [-0.05, 0) is 6.08 Å². The molecule has 0 bridgehead atoms. The van der Waals surface area contributed by atoms with Gasteiger partial charge in [-0.1, -0.05) is 20.8 Å². The summed E-state index contributed by atoms with van der Waals surface area (Å²) < 4.78 is 0. The lowest BCUT2D eigenvalue weighted by Gasteiger charge is -2.22. The SMILES string of the molecule is CC(=O)N/C(=C/C=O)C(C)(C)C. The summed E-state index contributed by atoms with van der Waals surface area (Å²) in [6, 6.07) is 0. The average Bonchev–Trinajstić information content (AvgIpc) is 1.83. The molecule has 68 valence electrons. The Morgan fingerprint density at radius 3 is 2.08 bits per heavy atom. The van der Waals surface area contributed by atoms with E-state index in [9.17, 15) is 9.59 Å². The van der Waals surface area contributed by atoms with Crippen molar-refractivity contribution in [3.05, 3.63) is 11.8 Å². The molecule has 0 aromatic carbocycles. The van der Waals surface area contributed by atoms with Crippen LogP contribution in [0.2, 0.25) is 0 Å². The van der Waals surface area contributed by atoms with Crippen molar-refractivity contribution in [3.63, 3.8) is 0 Å².